The molecule has 0 aromatic carbocycles. The number of hydrogen-bond donors (Lipinski definition) is 7. The van der Waals surface area contributed by atoms with Crippen LogP contribution in [-0.4, -0.2) is 69.9 Å². The highest BCUT2D eigenvalue weighted by atomic mass is 16.4. The molecule has 0 radical (unpaired) electrons. The molecule has 0 aliphatic heterocycles. The van der Waals surface area contributed by atoms with E-state index in [0.29, 0.717) is 12.8 Å². The first-order chi connectivity index (χ1) is 16.2. The van der Waals surface area contributed by atoms with Crippen molar-refractivity contribution in [1.29, 1.82) is 0 Å². The van der Waals surface area contributed by atoms with Crippen molar-refractivity contribution in [3.05, 3.63) is 0 Å². The largest absolute Gasteiger partial charge is 0.481 e. The third kappa shape index (κ3) is 11.7. The summed E-state index contributed by atoms with van der Waals surface area (Å²) in [6.07, 6.45) is -0.252. The van der Waals surface area contributed by atoms with E-state index in [9.17, 15) is 33.9 Å². The quantitative estimate of drug-likeness (QED) is 0.130. The molecule has 9 N–H and O–H groups in total. The summed E-state index contributed by atoms with van der Waals surface area (Å²) in [7, 11) is 0. The van der Waals surface area contributed by atoms with Gasteiger partial charge in [-0.3, -0.25) is 24.0 Å². The molecule has 4 amide bonds. The highest BCUT2D eigenvalue weighted by molar-refractivity contribution is 5.94. The maximum atomic E-state index is 13.1. The van der Waals surface area contributed by atoms with E-state index in [-0.39, 0.29) is 31.1 Å². The van der Waals surface area contributed by atoms with Gasteiger partial charge in [0, 0.05) is 12.8 Å². The third-order valence-corrected chi connectivity index (χ3v) is 5.93. The Hall–Kier alpha value is -3.22. The van der Waals surface area contributed by atoms with Crippen LogP contribution < -0.4 is 27.4 Å². The van der Waals surface area contributed by atoms with Crippen molar-refractivity contribution < 1.29 is 39.0 Å². The number of aliphatic carboxylic acids is 2. The molecule has 200 valence electrons. The molecule has 0 aromatic rings. The second-order valence-electron chi connectivity index (χ2n) is 8.68. The molecule has 0 saturated heterocycles. The minimum atomic E-state index is -1.52. The highest BCUT2D eigenvalue weighted by Crippen LogP contribution is 2.12. The first-order valence-electron chi connectivity index (χ1n) is 11.6. The summed E-state index contributed by atoms with van der Waals surface area (Å²) in [4.78, 5) is 71.9. The summed E-state index contributed by atoms with van der Waals surface area (Å²) in [5.41, 5.74) is 11.1. The fourth-order valence-corrected chi connectivity index (χ4v) is 3.08. The van der Waals surface area contributed by atoms with Gasteiger partial charge in [-0.1, -0.05) is 40.5 Å². The lowest BCUT2D eigenvalue weighted by Crippen LogP contribution is -2.59. The van der Waals surface area contributed by atoms with Crippen LogP contribution in [0.25, 0.3) is 0 Å². The van der Waals surface area contributed by atoms with Gasteiger partial charge in [-0.25, -0.2) is 4.79 Å². The molecule has 0 spiro atoms. The fourth-order valence-electron chi connectivity index (χ4n) is 3.08. The summed E-state index contributed by atoms with van der Waals surface area (Å²) < 4.78 is 0. The first kappa shape index (κ1) is 31.8. The average molecular weight is 502 g/mol. The van der Waals surface area contributed by atoms with Gasteiger partial charge >= 0.3 is 11.9 Å². The number of carbonyl (C=O) groups is 6. The molecule has 13 nitrogen and oxygen atoms in total. The lowest BCUT2D eigenvalue weighted by atomic mass is 9.95. The van der Waals surface area contributed by atoms with Gasteiger partial charge in [0.1, 0.15) is 18.1 Å². The molecule has 0 heterocycles. The Morgan fingerprint density at radius 2 is 1.26 bits per heavy atom. The Kier molecular flexibility index (Phi) is 14.2. The van der Waals surface area contributed by atoms with Crippen molar-refractivity contribution in [3.63, 3.8) is 0 Å². The van der Waals surface area contributed by atoms with Crippen LogP contribution in [0.5, 0.6) is 0 Å². The van der Waals surface area contributed by atoms with Crippen LogP contribution in [0.15, 0.2) is 0 Å². The smallest absolute Gasteiger partial charge is 0.326 e. The second-order valence-corrected chi connectivity index (χ2v) is 8.68. The lowest BCUT2D eigenvalue weighted by Gasteiger charge is -2.28. The van der Waals surface area contributed by atoms with Gasteiger partial charge in [-0.15, -0.1) is 0 Å². The molecule has 6 unspecified atom stereocenters. The Balaban J connectivity index is 5.67. The van der Waals surface area contributed by atoms with E-state index in [1.807, 2.05) is 13.8 Å². The monoisotopic (exact) mass is 501 g/mol. The molecule has 6 atom stereocenters. The molecule has 0 bridgehead atoms. The van der Waals surface area contributed by atoms with E-state index in [1.165, 1.54) is 0 Å². The summed E-state index contributed by atoms with van der Waals surface area (Å²) in [5, 5.41) is 25.4. The van der Waals surface area contributed by atoms with Gasteiger partial charge < -0.3 is 37.6 Å². The van der Waals surface area contributed by atoms with Gasteiger partial charge in [0.25, 0.3) is 0 Å². The predicted octanol–water partition coefficient (Wildman–Crippen LogP) is -0.925. The number of amides is 4. The highest BCUT2D eigenvalue weighted by Gasteiger charge is 2.33. The van der Waals surface area contributed by atoms with Crippen LogP contribution in [0.2, 0.25) is 0 Å². The molecule has 0 aromatic heterocycles. The number of carboxylic acid groups (broad SMARTS) is 2. The molecule has 0 aliphatic carbocycles. The number of carbonyl (C=O) groups excluding carboxylic acids is 4. The van der Waals surface area contributed by atoms with Crippen molar-refractivity contribution in [2.45, 2.75) is 90.4 Å². The van der Waals surface area contributed by atoms with E-state index in [2.05, 4.69) is 16.0 Å². The van der Waals surface area contributed by atoms with E-state index in [4.69, 9.17) is 16.6 Å². The number of carboxylic acids is 2. The molecule has 0 aliphatic rings. The zero-order chi connectivity index (χ0) is 27.3. The van der Waals surface area contributed by atoms with Crippen LogP contribution in [0.4, 0.5) is 0 Å². The molecular weight excluding hydrogens is 462 g/mol. The van der Waals surface area contributed by atoms with Crippen molar-refractivity contribution in [2.24, 2.45) is 23.3 Å². The molecule has 0 saturated carbocycles. The topological polar surface area (TPSA) is 231 Å². The standard InChI is InChI=1S/C22H39N5O8/c1-5-11(3)17(24)20(32)27-18(12(4)6-2)21(33)25-13(7-9-15(23)28)19(31)26-14(22(34)35)8-10-16(29)30/h11-14,17-18H,5-10,24H2,1-4H3,(H2,23,28)(H,25,33)(H,26,31)(H,27,32)(H,29,30)(H,34,35). The van der Waals surface area contributed by atoms with Crippen molar-refractivity contribution in [1.82, 2.24) is 16.0 Å². The Morgan fingerprint density at radius 1 is 0.743 bits per heavy atom. The van der Waals surface area contributed by atoms with Crippen LogP contribution in [-0.2, 0) is 28.8 Å². The van der Waals surface area contributed by atoms with Gasteiger partial charge in [0.15, 0.2) is 0 Å². The average Bonchev–Trinajstić information content (AvgIpc) is 2.79. The number of rotatable bonds is 17. The third-order valence-electron chi connectivity index (χ3n) is 5.93. The number of hydrogen-bond acceptors (Lipinski definition) is 7. The van der Waals surface area contributed by atoms with Crippen LogP contribution in [0, 0.1) is 11.8 Å². The van der Waals surface area contributed by atoms with Crippen LogP contribution in [0.1, 0.15) is 66.2 Å². The Labute approximate surface area is 204 Å². The molecule has 35 heavy (non-hydrogen) atoms. The van der Waals surface area contributed by atoms with Gasteiger partial charge in [0.05, 0.1) is 6.04 Å². The van der Waals surface area contributed by atoms with Gasteiger partial charge in [0.2, 0.25) is 23.6 Å². The maximum absolute atomic E-state index is 13.1. The van der Waals surface area contributed by atoms with E-state index < -0.39 is 66.2 Å². The number of primary amides is 1. The van der Waals surface area contributed by atoms with Crippen molar-refractivity contribution in [2.75, 3.05) is 0 Å². The fraction of sp³-hybridized carbons (Fsp3) is 0.727. The van der Waals surface area contributed by atoms with E-state index >= 15 is 0 Å². The van der Waals surface area contributed by atoms with E-state index in [0.717, 1.165) is 0 Å². The Morgan fingerprint density at radius 3 is 1.71 bits per heavy atom. The maximum Gasteiger partial charge on any atom is 0.326 e. The van der Waals surface area contributed by atoms with Crippen LogP contribution in [0.3, 0.4) is 0 Å². The molecule has 13 heteroatoms. The summed E-state index contributed by atoms with van der Waals surface area (Å²) in [6, 6.07) is -4.77. The number of nitrogens with one attached hydrogen (secondary N) is 3. The van der Waals surface area contributed by atoms with Gasteiger partial charge in [-0.2, -0.15) is 0 Å². The second kappa shape index (κ2) is 15.6. The predicted molar refractivity (Wildman–Crippen MR) is 126 cm³/mol. The van der Waals surface area contributed by atoms with Crippen molar-refractivity contribution in [3.8, 4) is 0 Å². The van der Waals surface area contributed by atoms with Gasteiger partial charge in [-0.05, 0) is 24.7 Å². The zero-order valence-electron chi connectivity index (χ0n) is 20.7. The minimum absolute atomic E-state index is 0.136. The van der Waals surface area contributed by atoms with Crippen LogP contribution >= 0.6 is 0 Å². The van der Waals surface area contributed by atoms with E-state index in [1.54, 1.807) is 13.8 Å². The normalized spacial score (nSPS) is 16.0. The number of nitrogens with two attached hydrogens (primary N) is 2. The molecular formula is C22H39N5O8. The SMILES string of the molecule is CCC(C)C(N)C(=O)NC(C(=O)NC(CCC(N)=O)C(=O)NC(CCC(=O)O)C(=O)O)C(C)CC. The zero-order valence-corrected chi connectivity index (χ0v) is 20.7. The molecule has 0 rings (SSSR count). The summed E-state index contributed by atoms with van der Waals surface area (Å²) >= 11 is 0. The summed E-state index contributed by atoms with van der Waals surface area (Å²) in [6.45, 7) is 7.21. The minimum Gasteiger partial charge on any atom is -0.481 e. The molecule has 0 fully saturated rings. The van der Waals surface area contributed by atoms with Crippen molar-refractivity contribution >= 4 is 35.6 Å². The summed E-state index contributed by atoms with van der Waals surface area (Å²) in [5.74, 6) is -6.10. The first-order valence-corrected chi connectivity index (χ1v) is 11.6. The lowest BCUT2D eigenvalue weighted by molar-refractivity contribution is -0.143. The Bertz CT molecular complexity index is 775.